The quantitative estimate of drug-likeness (QED) is 0.113. The number of ether oxygens (including phenoxy) is 6. The molecule has 360 valence electrons. The summed E-state index contributed by atoms with van der Waals surface area (Å²) < 4.78 is 36.1. The predicted octanol–water partition coefficient (Wildman–Crippen LogP) is 2.23. The Kier molecular flexibility index (Phi) is 13.0. The fourth-order valence-electron chi connectivity index (χ4n) is 15.8. The highest BCUT2D eigenvalue weighted by Gasteiger charge is 2.72. The van der Waals surface area contributed by atoms with Crippen LogP contribution in [0.3, 0.4) is 0 Å². The molecule has 0 aromatic heterocycles. The highest BCUT2D eigenvalue weighted by Crippen LogP contribution is 2.77. The first-order chi connectivity index (χ1) is 29.5. The predicted molar refractivity (Wildman–Crippen MR) is 223 cm³/mol. The van der Waals surface area contributed by atoms with Crippen LogP contribution in [0.2, 0.25) is 0 Å². The first-order valence-electron chi connectivity index (χ1n) is 23.6. The average molecular weight is 897 g/mol. The van der Waals surface area contributed by atoms with Gasteiger partial charge in [-0.2, -0.15) is 0 Å². The molecule has 24 unspecified atom stereocenters. The van der Waals surface area contributed by atoms with E-state index in [0.717, 1.165) is 56.9 Å². The summed E-state index contributed by atoms with van der Waals surface area (Å²) in [7, 11) is 0. The summed E-state index contributed by atoms with van der Waals surface area (Å²) in [6.07, 6.45) is -11.9. The SMILES string of the molecule is C=C(C)C1CCC2(C(=O)O)CCC3(C)C(CCC4C5(C)CCC(OC6OC(CO)C(OC7OC(C)C(O)C(O)C7OC7OC(CO)C(O)C7O)C(O)C6O)C(C)(C)C5CCC43C)C12. The van der Waals surface area contributed by atoms with Crippen molar-refractivity contribution in [3.8, 4) is 0 Å². The van der Waals surface area contributed by atoms with Crippen LogP contribution in [-0.2, 0) is 33.2 Å². The minimum Gasteiger partial charge on any atom is -0.481 e. The number of rotatable bonds is 10. The molecule has 3 aliphatic heterocycles. The van der Waals surface area contributed by atoms with Gasteiger partial charge in [0.15, 0.2) is 18.9 Å². The second-order valence-electron chi connectivity index (χ2n) is 22.4. The van der Waals surface area contributed by atoms with Gasteiger partial charge in [-0.3, -0.25) is 4.79 Å². The van der Waals surface area contributed by atoms with E-state index in [-0.39, 0.29) is 45.5 Å². The smallest absolute Gasteiger partial charge is 0.309 e. The van der Waals surface area contributed by atoms with Gasteiger partial charge in [-0.25, -0.2) is 0 Å². The van der Waals surface area contributed by atoms with Gasteiger partial charge in [0.05, 0.1) is 30.8 Å². The molecule has 63 heavy (non-hydrogen) atoms. The van der Waals surface area contributed by atoms with Crippen molar-refractivity contribution in [1.29, 1.82) is 0 Å². The lowest BCUT2D eigenvalue weighted by Crippen LogP contribution is -2.68. The lowest BCUT2D eigenvalue weighted by molar-refractivity contribution is -0.378. The van der Waals surface area contributed by atoms with Gasteiger partial charge in [0.25, 0.3) is 0 Å². The lowest BCUT2D eigenvalue weighted by atomic mass is 9.32. The first kappa shape index (κ1) is 48.1. The number of hydrogen-bond donors (Lipinski definition) is 9. The van der Waals surface area contributed by atoms with Gasteiger partial charge >= 0.3 is 5.97 Å². The molecule has 3 saturated heterocycles. The third-order valence-corrected chi connectivity index (χ3v) is 19.4. The zero-order chi connectivity index (χ0) is 45.9. The average Bonchev–Trinajstić information content (AvgIpc) is 3.76. The Balaban J connectivity index is 0.967. The van der Waals surface area contributed by atoms with Crippen molar-refractivity contribution in [2.75, 3.05) is 13.2 Å². The Morgan fingerprint density at radius 1 is 0.635 bits per heavy atom. The summed E-state index contributed by atoms with van der Waals surface area (Å²) in [6.45, 7) is 18.6. The van der Waals surface area contributed by atoms with Crippen LogP contribution in [0.4, 0.5) is 0 Å². The second-order valence-corrected chi connectivity index (χ2v) is 22.4. The van der Waals surface area contributed by atoms with Gasteiger partial charge in [0.2, 0.25) is 0 Å². The summed E-state index contributed by atoms with van der Waals surface area (Å²) in [5.41, 5.74) is 0.0297. The van der Waals surface area contributed by atoms with Crippen LogP contribution in [0.1, 0.15) is 113 Å². The number of carboxylic acids is 1. The maximum absolute atomic E-state index is 13.1. The summed E-state index contributed by atoms with van der Waals surface area (Å²) in [4.78, 5) is 13.1. The van der Waals surface area contributed by atoms with Crippen LogP contribution >= 0.6 is 0 Å². The number of fused-ring (bicyclic) bond motifs is 7. The number of hydrogen-bond acceptors (Lipinski definition) is 15. The molecule has 0 radical (unpaired) electrons. The number of carboxylic acid groups (broad SMARTS) is 1. The van der Waals surface area contributed by atoms with Gasteiger partial charge in [0.1, 0.15) is 61.0 Å². The molecule has 9 N–H and O–H groups in total. The molecule has 24 atom stereocenters. The van der Waals surface area contributed by atoms with E-state index in [9.17, 15) is 50.8 Å². The lowest BCUT2D eigenvalue weighted by Gasteiger charge is -2.73. The van der Waals surface area contributed by atoms with Crippen molar-refractivity contribution in [2.24, 2.45) is 56.7 Å². The fourth-order valence-corrected chi connectivity index (χ4v) is 15.8. The molecule has 16 nitrogen and oxygen atoms in total. The van der Waals surface area contributed by atoms with Crippen molar-refractivity contribution in [1.82, 2.24) is 0 Å². The third-order valence-electron chi connectivity index (χ3n) is 19.4. The van der Waals surface area contributed by atoms with Crippen molar-refractivity contribution < 1.29 is 79.2 Å². The topological polar surface area (TPSA) is 255 Å². The summed E-state index contributed by atoms with van der Waals surface area (Å²) in [5, 5.41) is 96.7. The van der Waals surface area contributed by atoms with Crippen LogP contribution < -0.4 is 0 Å². The van der Waals surface area contributed by atoms with Crippen molar-refractivity contribution in [3.63, 3.8) is 0 Å². The van der Waals surface area contributed by atoms with Crippen molar-refractivity contribution in [2.45, 2.75) is 205 Å². The Hall–Kier alpha value is -1.35. The molecule has 0 aromatic carbocycles. The van der Waals surface area contributed by atoms with Crippen molar-refractivity contribution in [3.05, 3.63) is 12.2 Å². The van der Waals surface area contributed by atoms with E-state index in [1.54, 1.807) is 0 Å². The van der Waals surface area contributed by atoms with E-state index < -0.39 is 111 Å². The minimum atomic E-state index is -1.68. The molecule has 5 saturated carbocycles. The summed E-state index contributed by atoms with van der Waals surface area (Å²) in [5.74, 6) is 0.698. The van der Waals surface area contributed by atoms with Gasteiger partial charge < -0.3 is 74.4 Å². The van der Waals surface area contributed by atoms with Gasteiger partial charge in [-0.05, 0) is 129 Å². The fraction of sp³-hybridized carbons (Fsp3) is 0.936. The van der Waals surface area contributed by atoms with Crippen LogP contribution in [0.25, 0.3) is 0 Å². The van der Waals surface area contributed by atoms with Crippen LogP contribution in [0.5, 0.6) is 0 Å². The Morgan fingerprint density at radius 3 is 1.89 bits per heavy atom. The zero-order valence-electron chi connectivity index (χ0n) is 38.1. The van der Waals surface area contributed by atoms with E-state index in [4.69, 9.17) is 28.4 Å². The number of aliphatic hydroxyl groups is 8. The molecule has 0 amide bonds. The monoisotopic (exact) mass is 897 g/mol. The Labute approximate surface area is 371 Å². The van der Waals surface area contributed by atoms with E-state index in [1.807, 2.05) is 0 Å². The molecule has 8 fully saturated rings. The second kappa shape index (κ2) is 17.0. The number of aliphatic carboxylic acids is 1. The van der Waals surface area contributed by atoms with Gasteiger partial charge in [-0.15, -0.1) is 0 Å². The molecule has 3 heterocycles. The minimum absolute atomic E-state index is 0.0129. The number of carbonyl (C=O) groups is 1. The maximum atomic E-state index is 13.1. The van der Waals surface area contributed by atoms with E-state index in [2.05, 4.69) is 48.1 Å². The summed E-state index contributed by atoms with van der Waals surface area (Å²) in [6, 6.07) is 0. The molecular formula is C47H76O16. The molecule has 0 bridgehead atoms. The maximum Gasteiger partial charge on any atom is 0.309 e. The Bertz CT molecular complexity index is 1700. The van der Waals surface area contributed by atoms with Gasteiger partial charge in [0, 0.05) is 0 Å². The Morgan fingerprint density at radius 2 is 1.25 bits per heavy atom. The van der Waals surface area contributed by atoms with Crippen molar-refractivity contribution >= 4 is 5.97 Å². The number of aliphatic hydroxyl groups excluding tert-OH is 8. The largest absolute Gasteiger partial charge is 0.481 e. The van der Waals surface area contributed by atoms with E-state index in [1.165, 1.54) is 6.92 Å². The summed E-state index contributed by atoms with van der Waals surface area (Å²) >= 11 is 0. The van der Waals surface area contributed by atoms with Crippen LogP contribution in [0, 0.1) is 56.7 Å². The van der Waals surface area contributed by atoms with E-state index in [0.29, 0.717) is 24.7 Å². The molecule has 5 aliphatic carbocycles. The van der Waals surface area contributed by atoms with Gasteiger partial charge in [-0.1, -0.05) is 46.8 Å². The molecule has 8 aliphatic rings. The molecular weight excluding hydrogens is 821 g/mol. The highest BCUT2D eigenvalue weighted by atomic mass is 16.8. The third kappa shape index (κ3) is 7.25. The van der Waals surface area contributed by atoms with Crippen LogP contribution in [0.15, 0.2) is 12.2 Å². The zero-order valence-corrected chi connectivity index (χ0v) is 38.1. The highest BCUT2D eigenvalue weighted by molar-refractivity contribution is 5.76. The number of allylic oxidation sites excluding steroid dienone is 1. The first-order valence-corrected chi connectivity index (χ1v) is 23.6. The normalized spacial score (nSPS) is 55.3. The molecule has 8 rings (SSSR count). The molecule has 0 aromatic rings. The molecule has 16 heteroatoms. The van der Waals surface area contributed by atoms with Crippen LogP contribution in [-0.4, -0.2) is 157 Å². The van der Waals surface area contributed by atoms with E-state index >= 15 is 0 Å². The standard InChI is InChI=1S/C47H76O16/c1-21(2)23-11-16-47(42(56)57)18-17-45(7)24(30(23)47)9-10-28-44(6)14-13-29(43(4,5)27(44)12-15-46(28,45)8)61-39-36(55)34(53)37(26(20-49)60-39)62-41-38(33(52)31(50)22(3)58-41)63-40-35(54)32(51)25(19-48)59-40/h22-41,48-55H,1,9-20H2,2-8H3,(H,56,57). The molecule has 0 spiro atoms.